The Bertz CT molecular complexity index is 1030. The van der Waals surface area contributed by atoms with E-state index < -0.39 is 41.9 Å². The molecular weight excluding hydrogens is 482 g/mol. The first-order valence-corrected chi connectivity index (χ1v) is 12.6. The Hall–Kier alpha value is -2.78. The summed E-state index contributed by atoms with van der Waals surface area (Å²) in [4.78, 5) is 24.3. The molecule has 0 unspecified atom stereocenters. The number of methoxy groups -OCH3 is 1. The number of primary amides is 1. The predicted octanol–water partition coefficient (Wildman–Crippen LogP) is 5.27. The molecule has 2 bridgehead atoms. The van der Waals surface area contributed by atoms with E-state index in [0.29, 0.717) is 24.8 Å². The van der Waals surface area contributed by atoms with E-state index in [1.165, 1.54) is 13.2 Å². The summed E-state index contributed by atoms with van der Waals surface area (Å²) >= 11 is 0. The Kier molecular flexibility index (Phi) is 11.3. The number of carbonyl (C=O) groups is 2. The topological polar surface area (TPSA) is 111 Å². The van der Waals surface area contributed by atoms with Gasteiger partial charge in [0.25, 0.3) is 5.91 Å². The molecule has 0 spiro atoms. The van der Waals surface area contributed by atoms with Crippen LogP contribution in [0.2, 0.25) is 0 Å². The lowest BCUT2D eigenvalue weighted by molar-refractivity contribution is -0.112. The van der Waals surface area contributed by atoms with E-state index in [4.69, 9.17) is 15.2 Å². The molecule has 2 amide bonds. The number of carbonyl (C=O) groups excluding carboxylic acids is 2. The second kappa shape index (κ2) is 13.7. The molecule has 0 aromatic heterocycles. The number of anilines is 1. The van der Waals surface area contributed by atoms with Gasteiger partial charge in [-0.15, -0.1) is 0 Å². The zero-order chi connectivity index (χ0) is 27.9. The van der Waals surface area contributed by atoms with Gasteiger partial charge in [0.1, 0.15) is 6.10 Å². The van der Waals surface area contributed by atoms with Crippen molar-refractivity contribution in [2.24, 2.45) is 23.5 Å². The molecule has 0 radical (unpaired) electrons. The van der Waals surface area contributed by atoms with Crippen LogP contribution in [0.5, 0.6) is 0 Å². The number of hydrogen-bond donors (Lipinski definition) is 3. The Morgan fingerprint density at radius 2 is 1.86 bits per heavy atom. The van der Waals surface area contributed by atoms with Gasteiger partial charge >= 0.3 is 6.09 Å². The van der Waals surface area contributed by atoms with Crippen molar-refractivity contribution >= 4 is 17.7 Å². The molecule has 0 saturated carbocycles. The van der Waals surface area contributed by atoms with Gasteiger partial charge in [-0.05, 0) is 68.6 Å². The SMILES string of the molecule is CO[C@H]1C[C@H](C)Cc2cc(cc(F)c2F)NC(=O)C(C)=CCC[C@H](C)[C@@H](OC(N)=O)C(C)=C[C@H](C)[C@H]1O. The molecule has 1 aromatic carbocycles. The van der Waals surface area contributed by atoms with Crippen molar-refractivity contribution in [1.29, 1.82) is 0 Å². The number of nitrogens with one attached hydrogen (secondary N) is 1. The van der Waals surface area contributed by atoms with E-state index in [-0.39, 0.29) is 35.4 Å². The molecule has 2 rings (SSSR count). The highest BCUT2D eigenvalue weighted by Gasteiger charge is 2.29. The fourth-order valence-corrected chi connectivity index (χ4v) is 4.86. The van der Waals surface area contributed by atoms with Crippen molar-refractivity contribution in [3.8, 4) is 0 Å². The van der Waals surface area contributed by atoms with Gasteiger partial charge in [-0.3, -0.25) is 4.79 Å². The number of rotatable bonds is 2. The van der Waals surface area contributed by atoms with E-state index in [0.717, 1.165) is 11.6 Å². The first kappa shape index (κ1) is 30.4. The molecule has 1 aromatic rings. The third kappa shape index (κ3) is 8.64. The maximum Gasteiger partial charge on any atom is 0.405 e. The van der Waals surface area contributed by atoms with Gasteiger partial charge < -0.3 is 25.6 Å². The number of allylic oxidation sites excluding steroid dienone is 1. The highest BCUT2D eigenvalue weighted by Crippen LogP contribution is 2.28. The number of aliphatic hydroxyl groups is 1. The van der Waals surface area contributed by atoms with Crippen molar-refractivity contribution in [2.75, 3.05) is 12.4 Å². The van der Waals surface area contributed by atoms with E-state index >= 15 is 0 Å². The number of halogens is 2. The molecule has 1 aliphatic rings. The van der Waals surface area contributed by atoms with Crippen LogP contribution < -0.4 is 11.1 Å². The Balaban J connectivity index is 2.47. The number of nitrogens with two attached hydrogens (primary N) is 1. The van der Waals surface area contributed by atoms with Crippen LogP contribution in [0, 0.1) is 29.4 Å². The molecule has 0 saturated heterocycles. The Labute approximate surface area is 218 Å². The van der Waals surface area contributed by atoms with Gasteiger partial charge in [-0.1, -0.05) is 32.9 Å². The van der Waals surface area contributed by atoms with E-state index in [1.54, 1.807) is 13.0 Å². The lowest BCUT2D eigenvalue weighted by Gasteiger charge is -2.29. The summed E-state index contributed by atoms with van der Waals surface area (Å²) in [5, 5.41) is 13.7. The number of aliphatic hydroxyl groups excluding tert-OH is 1. The molecule has 7 nitrogen and oxygen atoms in total. The Morgan fingerprint density at radius 1 is 1.19 bits per heavy atom. The summed E-state index contributed by atoms with van der Waals surface area (Å²) in [5.41, 5.74) is 6.79. The Morgan fingerprint density at radius 3 is 2.49 bits per heavy atom. The average Bonchev–Trinajstić information content (AvgIpc) is 2.82. The first-order chi connectivity index (χ1) is 17.3. The molecule has 206 valence electrons. The summed E-state index contributed by atoms with van der Waals surface area (Å²) in [6, 6.07) is 2.40. The maximum absolute atomic E-state index is 14.6. The lowest BCUT2D eigenvalue weighted by atomic mass is 9.87. The molecular formula is C28H40F2N2O5. The lowest BCUT2D eigenvalue weighted by Crippen LogP contribution is -2.35. The van der Waals surface area contributed by atoms with E-state index in [2.05, 4.69) is 5.32 Å². The summed E-state index contributed by atoms with van der Waals surface area (Å²) in [6.45, 7) is 9.07. The molecule has 1 heterocycles. The van der Waals surface area contributed by atoms with Crippen LogP contribution in [0.3, 0.4) is 0 Å². The van der Waals surface area contributed by atoms with Crippen molar-refractivity contribution < 1.29 is 33.0 Å². The fraction of sp³-hybridized carbons (Fsp3) is 0.571. The van der Waals surface area contributed by atoms with Crippen molar-refractivity contribution in [1.82, 2.24) is 0 Å². The van der Waals surface area contributed by atoms with Gasteiger partial charge in [0.05, 0.1) is 12.2 Å². The monoisotopic (exact) mass is 522 g/mol. The van der Waals surface area contributed by atoms with Crippen molar-refractivity contribution in [3.05, 3.63) is 52.6 Å². The molecule has 6 atom stereocenters. The summed E-state index contributed by atoms with van der Waals surface area (Å²) < 4.78 is 39.9. The number of amides is 2. The quantitative estimate of drug-likeness (QED) is 0.458. The highest BCUT2D eigenvalue weighted by atomic mass is 19.2. The standard InChI is InChI=1S/C28H40F2N2O5/c1-15-10-20-13-21(14-22(29)24(20)30)32-27(34)17(3)9-7-8-16(2)26(37-28(31)35)19(5)12-18(4)25(33)23(11-15)36-6/h9,12-16,18,23,25-26,33H,7-8,10-11H2,1-6H3,(H2,31,35)(H,32,34)/t15-,16+,18+,23+,25-,26-/m1/s1. The number of benzene rings is 1. The molecule has 37 heavy (non-hydrogen) atoms. The predicted molar refractivity (Wildman–Crippen MR) is 139 cm³/mol. The van der Waals surface area contributed by atoms with Crippen LogP contribution in [-0.2, 0) is 20.7 Å². The summed E-state index contributed by atoms with van der Waals surface area (Å²) in [7, 11) is 1.49. The van der Waals surface area contributed by atoms with Gasteiger partial charge in [-0.2, -0.15) is 0 Å². The molecule has 4 N–H and O–H groups in total. The third-order valence-electron chi connectivity index (χ3n) is 6.95. The van der Waals surface area contributed by atoms with Gasteiger partial charge in [0, 0.05) is 30.4 Å². The van der Waals surface area contributed by atoms with Crippen molar-refractivity contribution in [2.45, 2.75) is 78.6 Å². The zero-order valence-electron chi connectivity index (χ0n) is 22.5. The second-order valence-electron chi connectivity index (χ2n) is 10.3. The van der Waals surface area contributed by atoms with Gasteiger partial charge in [0.15, 0.2) is 11.6 Å². The fourth-order valence-electron chi connectivity index (χ4n) is 4.86. The molecule has 0 aliphatic carbocycles. The van der Waals surface area contributed by atoms with Crippen LogP contribution in [0.1, 0.15) is 59.4 Å². The smallest absolute Gasteiger partial charge is 0.405 e. The summed E-state index contributed by atoms with van der Waals surface area (Å²) in [6.07, 6.45) is 2.27. The minimum absolute atomic E-state index is 0.130. The number of fused-ring (bicyclic) bond motifs is 2. The number of ether oxygens (including phenoxy) is 2. The van der Waals surface area contributed by atoms with E-state index in [9.17, 15) is 23.5 Å². The zero-order valence-corrected chi connectivity index (χ0v) is 22.5. The van der Waals surface area contributed by atoms with Crippen LogP contribution >= 0.6 is 0 Å². The van der Waals surface area contributed by atoms with Crippen LogP contribution in [0.25, 0.3) is 0 Å². The maximum atomic E-state index is 14.6. The first-order valence-electron chi connectivity index (χ1n) is 12.6. The van der Waals surface area contributed by atoms with E-state index in [1.807, 2.05) is 33.8 Å². The summed E-state index contributed by atoms with van der Waals surface area (Å²) in [5.74, 6) is -3.08. The van der Waals surface area contributed by atoms with Crippen LogP contribution in [-0.4, -0.2) is 42.5 Å². The highest BCUT2D eigenvalue weighted by molar-refractivity contribution is 6.03. The average molecular weight is 523 g/mol. The number of hydrogen-bond acceptors (Lipinski definition) is 5. The minimum Gasteiger partial charge on any atom is -0.442 e. The van der Waals surface area contributed by atoms with Crippen LogP contribution in [0.15, 0.2) is 35.4 Å². The molecule has 0 fully saturated rings. The van der Waals surface area contributed by atoms with Gasteiger partial charge in [-0.25, -0.2) is 13.6 Å². The van der Waals surface area contributed by atoms with Crippen molar-refractivity contribution in [3.63, 3.8) is 0 Å². The van der Waals surface area contributed by atoms with Crippen LogP contribution in [0.4, 0.5) is 19.3 Å². The largest absolute Gasteiger partial charge is 0.442 e. The van der Waals surface area contributed by atoms with Gasteiger partial charge in [0.2, 0.25) is 0 Å². The normalized spacial score (nSPS) is 28.6. The minimum atomic E-state index is -1.04. The third-order valence-corrected chi connectivity index (χ3v) is 6.95. The molecule has 9 heteroatoms. The molecule has 1 aliphatic heterocycles. The second-order valence-corrected chi connectivity index (χ2v) is 10.3.